The average molecular weight is 523 g/mol. The Bertz CT molecular complexity index is 1180. The van der Waals surface area contributed by atoms with Gasteiger partial charge >= 0.3 is 5.97 Å². The number of nitrogens with one attached hydrogen (secondary N) is 1. The van der Waals surface area contributed by atoms with E-state index in [2.05, 4.69) is 14.8 Å². The number of ether oxygens (including phenoxy) is 2. The van der Waals surface area contributed by atoms with Gasteiger partial charge < -0.3 is 35.1 Å². The van der Waals surface area contributed by atoms with E-state index in [4.69, 9.17) is 20.3 Å². The highest BCUT2D eigenvalue weighted by Crippen LogP contribution is 2.37. The van der Waals surface area contributed by atoms with Crippen molar-refractivity contribution in [2.45, 2.75) is 44.6 Å². The molecule has 0 unspecified atom stereocenters. The average Bonchev–Trinajstić information content (AvgIpc) is 3.22. The summed E-state index contributed by atoms with van der Waals surface area (Å²) in [6.07, 6.45) is 8.08. The van der Waals surface area contributed by atoms with E-state index in [-0.39, 0.29) is 5.69 Å². The standard InChI is InChI=1S/C17H15NO4.C13H27N3/c1-21-10-6-7-12(16(8-10)22-2)11-4-3-5-14-13(11)9-15(18-14)17(19)20;14-13-5-9-16(10-6-13)12-11-15-7-3-1-2-4-8-15/h3-9,18H,1-2H3,(H,19,20);13H,1-12,14H2. The fourth-order valence-electron chi connectivity index (χ4n) is 5.35. The Hall–Kier alpha value is -3.07. The summed E-state index contributed by atoms with van der Waals surface area (Å²) in [4.78, 5) is 19.3. The molecule has 2 saturated heterocycles. The van der Waals surface area contributed by atoms with Gasteiger partial charge in [-0.1, -0.05) is 25.0 Å². The van der Waals surface area contributed by atoms with Crippen LogP contribution in [0, 0.1) is 0 Å². The van der Waals surface area contributed by atoms with Crippen LogP contribution in [0.15, 0.2) is 42.5 Å². The Morgan fingerprint density at radius 1 is 0.921 bits per heavy atom. The third kappa shape index (κ3) is 7.28. The molecule has 2 aromatic carbocycles. The number of nitrogens with two attached hydrogens (primary N) is 1. The van der Waals surface area contributed by atoms with E-state index in [0.29, 0.717) is 17.5 Å². The molecule has 0 aliphatic carbocycles. The predicted molar refractivity (Wildman–Crippen MR) is 152 cm³/mol. The minimum absolute atomic E-state index is 0.162. The number of benzene rings is 2. The van der Waals surface area contributed by atoms with Crippen LogP contribution in [0.4, 0.5) is 0 Å². The lowest BCUT2D eigenvalue weighted by Gasteiger charge is -2.32. The lowest BCUT2D eigenvalue weighted by atomic mass is 10.0. The first-order valence-electron chi connectivity index (χ1n) is 13.8. The number of carbonyl (C=O) groups is 1. The molecule has 2 aliphatic heterocycles. The van der Waals surface area contributed by atoms with Crippen molar-refractivity contribution in [3.63, 3.8) is 0 Å². The Balaban J connectivity index is 0.000000186. The summed E-state index contributed by atoms with van der Waals surface area (Å²) in [5, 5.41) is 9.98. The molecule has 0 spiro atoms. The van der Waals surface area contributed by atoms with Crippen molar-refractivity contribution in [2.75, 3.05) is 53.5 Å². The molecule has 0 saturated carbocycles. The number of nitrogens with zero attached hydrogens (tertiary/aromatic N) is 2. The summed E-state index contributed by atoms with van der Waals surface area (Å²) in [5.74, 6) is 0.391. The first-order chi connectivity index (χ1) is 18.5. The van der Waals surface area contributed by atoms with Gasteiger partial charge in [-0.05, 0) is 81.7 Å². The van der Waals surface area contributed by atoms with Crippen molar-refractivity contribution in [3.8, 4) is 22.6 Å². The Labute approximate surface area is 225 Å². The Morgan fingerprint density at radius 2 is 1.61 bits per heavy atom. The van der Waals surface area contributed by atoms with Crippen molar-refractivity contribution in [1.82, 2.24) is 14.8 Å². The van der Waals surface area contributed by atoms with Crippen molar-refractivity contribution in [3.05, 3.63) is 48.2 Å². The highest BCUT2D eigenvalue weighted by Gasteiger charge is 2.17. The topological polar surface area (TPSA) is 104 Å². The van der Waals surface area contributed by atoms with Crippen molar-refractivity contribution >= 4 is 16.9 Å². The van der Waals surface area contributed by atoms with E-state index in [1.54, 1.807) is 26.4 Å². The molecule has 0 atom stereocenters. The van der Waals surface area contributed by atoms with Crippen molar-refractivity contribution in [2.24, 2.45) is 5.73 Å². The van der Waals surface area contributed by atoms with Crippen LogP contribution in [0.5, 0.6) is 11.5 Å². The molecule has 0 bridgehead atoms. The van der Waals surface area contributed by atoms with Gasteiger partial charge in [-0.3, -0.25) is 0 Å². The van der Waals surface area contributed by atoms with Gasteiger partial charge in [-0.25, -0.2) is 4.79 Å². The first-order valence-corrected chi connectivity index (χ1v) is 13.8. The Kier molecular flexibility index (Phi) is 10.0. The number of fused-ring (bicyclic) bond motifs is 1. The summed E-state index contributed by atoms with van der Waals surface area (Å²) in [5.41, 5.74) is 8.64. The zero-order valence-electron chi connectivity index (χ0n) is 22.7. The number of H-pyrrole nitrogens is 1. The van der Waals surface area contributed by atoms with Crippen molar-refractivity contribution < 1.29 is 19.4 Å². The van der Waals surface area contributed by atoms with E-state index in [9.17, 15) is 4.79 Å². The molecule has 0 radical (unpaired) electrons. The molecule has 0 amide bonds. The summed E-state index contributed by atoms with van der Waals surface area (Å²) in [6, 6.07) is 13.3. The lowest BCUT2D eigenvalue weighted by molar-refractivity contribution is 0.0691. The molecule has 8 heteroatoms. The normalized spacial score (nSPS) is 17.4. The van der Waals surface area contributed by atoms with Crippen LogP contribution in [0.1, 0.15) is 49.0 Å². The van der Waals surface area contributed by atoms with Crippen LogP contribution >= 0.6 is 0 Å². The summed E-state index contributed by atoms with van der Waals surface area (Å²) < 4.78 is 10.6. The van der Waals surface area contributed by atoms with Crippen molar-refractivity contribution in [1.29, 1.82) is 0 Å². The number of aromatic nitrogens is 1. The molecule has 8 nitrogen and oxygen atoms in total. The number of carboxylic acid groups (broad SMARTS) is 1. The van der Waals surface area contributed by atoms with Gasteiger partial charge in [-0.2, -0.15) is 0 Å². The number of methoxy groups -OCH3 is 2. The van der Waals surface area contributed by atoms with Crippen LogP contribution in [0.25, 0.3) is 22.0 Å². The number of likely N-dealkylation sites (tertiary alicyclic amines) is 2. The van der Waals surface area contributed by atoms with Crippen LogP contribution < -0.4 is 15.2 Å². The second-order valence-electron chi connectivity index (χ2n) is 10.3. The molecule has 2 aliphatic rings. The van der Waals surface area contributed by atoms with Crippen LogP contribution in [-0.2, 0) is 0 Å². The van der Waals surface area contributed by atoms with Gasteiger partial charge in [0.2, 0.25) is 0 Å². The summed E-state index contributed by atoms with van der Waals surface area (Å²) in [7, 11) is 3.19. The number of hydrogen-bond donors (Lipinski definition) is 3. The van der Waals surface area contributed by atoms with Crippen LogP contribution in [0.3, 0.4) is 0 Å². The molecule has 3 aromatic rings. The fourth-order valence-corrected chi connectivity index (χ4v) is 5.35. The van der Waals surface area contributed by atoms with E-state index in [1.807, 2.05) is 30.3 Å². The van der Waals surface area contributed by atoms with E-state index >= 15 is 0 Å². The second kappa shape index (κ2) is 13.6. The number of carboxylic acids is 1. The minimum Gasteiger partial charge on any atom is -0.497 e. The highest BCUT2D eigenvalue weighted by atomic mass is 16.5. The van der Waals surface area contributed by atoms with Crippen LogP contribution in [0.2, 0.25) is 0 Å². The van der Waals surface area contributed by atoms with Gasteiger partial charge in [-0.15, -0.1) is 0 Å². The molecule has 38 heavy (non-hydrogen) atoms. The van der Waals surface area contributed by atoms with Gasteiger partial charge in [0.15, 0.2) is 0 Å². The summed E-state index contributed by atoms with van der Waals surface area (Å²) >= 11 is 0. The molecule has 2 fully saturated rings. The first kappa shape index (κ1) is 28.0. The van der Waals surface area contributed by atoms with Gasteiger partial charge in [0, 0.05) is 41.7 Å². The molecule has 5 rings (SSSR count). The number of piperidine rings is 1. The predicted octanol–water partition coefficient (Wildman–Crippen LogP) is 4.84. The number of aromatic carboxylic acids is 1. The zero-order chi connectivity index (χ0) is 26.9. The smallest absolute Gasteiger partial charge is 0.352 e. The molecule has 4 N–H and O–H groups in total. The second-order valence-corrected chi connectivity index (χ2v) is 10.3. The highest BCUT2D eigenvalue weighted by molar-refractivity contribution is 6.01. The third-order valence-corrected chi connectivity index (χ3v) is 7.66. The van der Waals surface area contributed by atoms with E-state index < -0.39 is 5.97 Å². The summed E-state index contributed by atoms with van der Waals surface area (Å²) in [6.45, 7) is 7.62. The van der Waals surface area contributed by atoms with E-state index in [1.165, 1.54) is 77.8 Å². The largest absolute Gasteiger partial charge is 0.497 e. The maximum Gasteiger partial charge on any atom is 0.352 e. The fraction of sp³-hybridized carbons (Fsp3) is 0.500. The van der Waals surface area contributed by atoms with Crippen LogP contribution in [-0.4, -0.2) is 85.4 Å². The Morgan fingerprint density at radius 3 is 2.24 bits per heavy atom. The van der Waals surface area contributed by atoms with Gasteiger partial charge in [0.25, 0.3) is 0 Å². The quantitative estimate of drug-likeness (QED) is 0.408. The van der Waals surface area contributed by atoms with Gasteiger partial charge in [0.1, 0.15) is 17.2 Å². The van der Waals surface area contributed by atoms with E-state index in [0.717, 1.165) is 22.0 Å². The lowest BCUT2D eigenvalue weighted by Crippen LogP contribution is -2.43. The molecule has 206 valence electrons. The molecule has 1 aromatic heterocycles. The number of hydrogen-bond acceptors (Lipinski definition) is 6. The molecular weight excluding hydrogens is 480 g/mol. The molecular formula is C30H42N4O4. The number of aromatic amines is 1. The SMILES string of the molecule is COc1ccc(-c2cccc3[nH]c(C(=O)O)cc23)c(OC)c1.NC1CCN(CCN2CCCCCC2)CC1. The maximum atomic E-state index is 11.2. The third-order valence-electron chi connectivity index (χ3n) is 7.66. The number of rotatable bonds is 7. The monoisotopic (exact) mass is 522 g/mol. The minimum atomic E-state index is -0.983. The zero-order valence-corrected chi connectivity index (χ0v) is 22.7. The maximum absolute atomic E-state index is 11.2. The molecule has 3 heterocycles. The van der Waals surface area contributed by atoms with Gasteiger partial charge in [0.05, 0.1) is 14.2 Å².